The van der Waals surface area contributed by atoms with Gasteiger partial charge in [0.15, 0.2) is 5.65 Å². The molecule has 0 bridgehead atoms. The van der Waals surface area contributed by atoms with Gasteiger partial charge in [-0.15, -0.1) is 0 Å². The molecule has 0 saturated carbocycles. The number of rotatable bonds is 5. The van der Waals surface area contributed by atoms with Gasteiger partial charge in [0, 0.05) is 38.3 Å². The topological polar surface area (TPSA) is 104 Å². The van der Waals surface area contributed by atoms with Crippen molar-refractivity contribution in [3.05, 3.63) is 35.9 Å². The Labute approximate surface area is 204 Å². The van der Waals surface area contributed by atoms with Crippen LogP contribution in [0.4, 0.5) is 11.8 Å². The van der Waals surface area contributed by atoms with Crippen LogP contribution >= 0.6 is 0 Å². The maximum atomic E-state index is 11.7. The fraction of sp³-hybridized carbons (Fsp3) is 0.440. The molecule has 1 N–H and O–H groups in total. The summed E-state index contributed by atoms with van der Waals surface area (Å²) in [5, 5.41) is 10.5. The summed E-state index contributed by atoms with van der Waals surface area (Å²) in [6, 6.07) is 9.11. The number of piperazine rings is 1. The lowest BCUT2D eigenvalue weighted by molar-refractivity contribution is 0.0693. The van der Waals surface area contributed by atoms with Crippen molar-refractivity contribution in [3.63, 3.8) is 0 Å². The third-order valence-electron chi connectivity index (χ3n) is 6.68. The molecule has 2 fully saturated rings. The highest BCUT2D eigenvalue weighted by molar-refractivity contribution is 5.93. The Balaban J connectivity index is 1.62. The highest BCUT2D eigenvalue weighted by Gasteiger charge is 2.26. The van der Waals surface area contributed by atoms with Crippen LogP contribution in [0.1, 0.15) is 17.3 Å². The van der Waals surface area contributed by atoms with Crippen molar-refractivity contribution in [1.82, 2.24) is 19.9 Å². The number of hydrogen-bond donors (Lipinski definition) is 1. The number of carboxylic acid groups (broad SMARTS) is 1. The summed E-state index contributed by atoms with van der Waals surface area (Å²) in [6.07, 6.45) is 0. The van der Waals surface area contributed by atoms with E-state index < -0.39 is 5.97 Å². The Morgan fingerprint density at radius 2 is 1.89 bits per heavy atom. The van der Waals surface area contributed by atoms with E-state index >= 15 is 0 Å². The second-order valence-electron chi connectivity index (χ2n) is 9.04. The number of likely N-dealkylation sites (N-methyl/N-ethyl adjacent to an activating group) is 1. The Hall–Kier alpha value is -3.50. The average Bonchev–Trinajstić information content (AvgIpc) is 2.88. The summed E-state index contributed by atoms with van der Waals surface area (Å²) in [7, 11) is 3.58. The summed E-state index contributed by atoms with van der Waals surface area (Å²) in [4.78, 5) is 33.3. The third kappa shape index (κ3) is 4.59. The molecule has 4 heterocycles. The van der Waals surface area contributed by atoms with Gasteiger partial charge < -0.3 is 29.3 Å². The van der Waals surface area contributed by atoms with Gasteiger partial charge in [0.2, 0.25) is 5.95 Å². The number of aromatic carboxylic acids is 1. The van der Waals surface area contributed by atoms with Crippen molar-refractivity contribution in [2.45, 2.75) is 13.0 Å². The van der Waals surface area contributed by atoms with E-state index in [2.05, 4.69) is 28.7 Å². The summed E-state index contributed by atoms with van der Waals surface area (Å²) >= 11 is 0. The molecule has 2 aromatic heterocycles. The summed E-state index contributed by atoms with van der Waals surface area (Å²) in [6.45, 7) is 7.76. The molecular weight excluding hydrogens is 448 g/mol. The lowest BCUT2D eigenvalue weighted by Gasteiger charge is -2.36. The lowest BCUT2D eigenvalue weighted by Crippen LogP contribution is -2.46. The molecule has 2 saturated heterocycles. The van der Waals surface area contributed by atoms with E-state index in [1.54, 1.807) is 12.1 Å². The van der Waals surface area contributed by atoms with E-state index in [1.807, 2.05) is 18.2 Å². The van der Waals surface area contributed by atoms with E-state index in [0.29, 0.717) is 41.8 Å². The van der Waals surface area contributed by atoms with Crippen molar-refractivity contribution in [3.8, 4) is 17.0 Å². The van der Waals surface area contributed by atoms with Crippen LogP contribution in [0.2, 0.25) is 0 Å². The van der Waals surface area contributed by atoms with Gasteiger partial charge in [-0.1, -0.05) is 0 Å². The number of benzene rings is 1. The minimum Gasteiger partial charge on any atom is -0.496 e. The molecule has 2 aliphatic heterocycles. The number of carboxylic acids is 1. The van der Waals surface area contributed by atoms with E-state index in [-0.39, 0.29) is 11.6 Å². The first-order chi connectivity index (χ1) is 16.9. The SMILES string of the molecule is COc1ccc(-c2ccc3c(N4CCOC[C@@H]4C)nc(N4CCN(C)CC4)nc3n2)cc1C(=O)O. The first kappa shape index (κ1) is 23.3. The van der Waals surface area contributed by atoms with Crippen LogP contribution in [0.5, 0.6) is 5.75 Å². The number of hydrogen-bond acceptors (Lipinski definition) is 9. The molecule has 0 unspecified atom stereocenters. The van der Waals surface area contributed by atoms with E-state index in [9.17, 15) is 9.90 Å². The van der Waals surface area contributed by atoms with Crippen LogP contribution in [0.25, 0.3) is 22.3 Å². The van der Waals surface area contributed by atoms with Crippen LogP contribution < -0.4 is 14.5 Å². The molecule has 35 heavy (non-hydrogen) atoms. The van der Waals surface area contributed by atoms with Crippen LogP contribution in [-0.2, 0) is 4.74 Å². The summed E-state index contributed by atoms with van der Waals surface area (Å²) in [5.74, 6) is 0.794. The monoisotopic (exact) mass is 478 g/mol. The molecule has 0 aliphatic carbocycles. The molecule has 0 spiro atoms. The number of anilines is 2. The normalized spacial score (nSPS) is 19.2. The highest BCUT2D eigenvalue weighted by Crippen LogP contribution is 2.32. The predicted octanol–water partition coefficient (Wildman–Crippen LogP) is 2.38. The van der Waals surface area contributed by atoms with Crippen LogP contribution in [0, 0.1) is 0 Å². The zero-order valence-electron chi connectivity index (χ0n) is 20.3. The van der Waals surface area contributed by atoms with Gasteiger partial charge in [0.25, 0.3) is 0 Å². The molecule has 3 aromatic rings. The standard InChI is InChI=1S/C25H30N6O4/c1-16-15-35-13-12-31(16)23-18-5-6-20(17-4-7-21(34-3)19(14-17)24(32)33)26-22(18)27-25(28-23)30-10-8-29(2)9-11-30/h4-7,14,16H,8-13,15H2,1-3H3,(H,32,33)/t16-/m0/s1. The molecule has 1 atom stereocenters. The number of fused-ring (bicyclic) bond motifs is 1. The quantitative estimate of drug-likeness (QED) is 0.588. The van der Waals surface area contributed by atoms with Crippen molar-refractivity contribution in [2.24, 2.45) is 0 Å². The lowest BCUT2D eigenvalue weighted by atomic mass is 10.1. The largest absolute Gasteiger partial charge is 0.496 e. The molecule has 2 aliphatic rings. The Morgan fingerprint density at radius 3 is 2.60 bits per heavy atom. The van der Waals surface area contributed by atoms with Gasteiger partial charge >= 0.3 is 5.97 Å². The number of morpholine rings is 1. The maximum absolute atomic E-state index is 11.7. The van der Waals surface area contributed by atoms with Crippen molar-refractivity contribution in [1.29, 1.82) is 0 Å². The smallest absolute Gasteiger partial charge is 0.339 e. The number of pyridine rings is 1. The molecule has 0 amide bonds. The second-order valence-corrected chi connectivity index (χ2v) is 9.04. The Morgan fingerprint density at radius 1 is 1.09 bits per heavy atom. The van der Waals surface area contributed by atoms with Crippen LogP contribution in [-0.4, -0.2) is 97.1 Å². The summed E-state index contributed by atoms with van der Waals surface area (Å²) < 4.78 is 10.9. The maximum Gasteiger partial charge on any atom is 0.339 e. The first-order valence-corrected chi connectivity index (χ1v) is 11.8. The van der Waals surface area contributed by atoms with E-state index in [4.69, 9.17) is 24.4 Å². The van der Waals surface area contributed by atoms with Gasteiger partial charge in [-0.3, -0.25) is 0 Å². The fourth-order valence-electron chi connectivity index (χ4n) is 4.59. The molecule has 10 nitrogen and oxygen atoms in total. The third-order valence-corrected chi connectivity index (χ3v) is 6.68. The molecule has 10 heteroatoms. The van der Waals surface area contributed by atoms with Crippen LogP contribution in [0.3, 0.4) is 0 Å². The number of ether oxygens (including phenoxy) is 2. The van der Waals surface area contributed by atoms with E-state index in [1.165, 1.54) is 7.11 Å². The van der Waals surface area contributed by atoms with E-state index in [0.717, 1.165) is 43.9 Å². The van der Waals surface area contributed by atoms with Gasteiger partial charge in [0.05, 0.1) is 37.4 Å². The number of nitrogens with zero attached hydrogens (tertiary/aromatic N) is 6. The van der Waals surface area contributed by atoms with Gasteiger partial charge in [-0.2, -0.15) is 9.97 Å². The average molecular weight is 479 g/mol. The van der Waals surface area contributed by atoms with Crippen LogP contribution in [0.15, 0.2) is 30.3 Å². The minimum absolute atomic E-state index is 0.0931. The number of methoxy groups -OCH3 is 1. The van der Waals surface area contributed by atoms with Gasteiger partial charge in [-0.05, 0) is 44.3 Å². The van der Waals surface area contributed by atoms with Gasteiger partial charge in [0.1, 0.15) is 17.1 Å². The zero-order valence-corrected chi connectivity index (χ0v) is 20.3. The second kappa shape index (κ2) is 9.63. The summed E-state index contributed by atoms with van der Waals surface area (Å²) in [5.41, 5.74) is 2.01. The number of aromatic nitrogens is 3. The van der Waals surface area contributed by atoms with Crippen molar-refractivity contribution in [2.75, 3.05) is 69.9 Å². The zero-order chi connectivity index (χ0) is 24.5. The molecule has 5 rings (SSSR count). The molecule has 1 aromatic carbocycles. The minimum atomic E-state index is -1.05. The Kier molecular flexibility index (Phi) is 6.40. The Bertz CT molecular complexity index is 1240. The molecule has 184 valence electrons. The van der Waals surface area contributed by atoms with Gasteiger partial charge in [-0.25, -0.2) is 9.78 Å². The molecular formula is C25H30N6O4. The predicted molar refractivity (Wildman–Crippen MR) is 134 cm³/mol. The highest BCUT2D eigenvalue weighted by atomic mass is 16.5. The van der Waals surface area contributed by atoms with Crippen molar-refractivity contribution >= 4 is 28.8 Å². The number of carbonyl (C=O) groups is 1. The van der Waals surface area contributed by atoms with Crippen molar-refractivity contribution < 1.29 is 19.4 Å². The first-order valence-electron chi connectivity index (χ1n) is 11.8. The fourth-order valence-corrected chi connectivity index (χ4v) is 4.59. The molecule has 0 radical (unpaired) electrons.